The summed E-state index contributed by atoms with van der Waals surface area (Å²) in [6.45, 7) is 1.58. The highest BCUT2D eigenvalue weighted by atomic mass is 19.4. The minimum Gasteiger partial charge on any atom is -0.335 e. The van der Waals surface area contributed by atoms with E-state index in [1.807, 2.05) is 49.7 Å². The predicted molar refractivity (Wildman–Crippen MR) is 93.7 cm³/mol. The summed E-state index contributed by atoms with van der Waals surface area (Å²) in [5, 5.41) is 4.52. The van der Waals surface area contributed by atoms with Gasteiger partial charge in [0.15, 0.2) is 6.04 Å². The molecule has 2 rings (SSSR count). The third kappa shape index (κ3) is 5.86. The Morgan fingerprint density at radius 1 is 1.12 bits per heavy atom. The summed E-state index contributed by atoms with van der Waals surface area (Å²) < 4.78 is 38.5. The van der Waals surface area contributed by atoms with Gasteiger partial charge in [-0.25, -0.2) is 0 Å². The van der Waals surface area contributed by atoms with Crippen molar-refractivity contribution in [3.05, 3.63) is 65.7 Å². The molecule has 0 aliphatic carbocycles. The third-order valence-corrected chi connectivity index (χ3v) is 3.95. The van der Waals surface area contributed by atoms with E-state index < -0.39 is 17.8 Å². The normalized spacial score (nSPS) is 12.8. The second kappa shape index (κ2) is 8.82. The van der Waals surface area contributed by atoms with Crippen LogP contribution < -0.4 is 15.5 Å². The number of nitrogens with one attached hydrogen (secondary N) is 2. The smallest absolute Gasteiger partial charge is 0.335 e. The molecule has 2 aromatic carbocycles. The van der Waals surface area contributed by atoms with Gasteiger partial charge in [-0.1, -0.05) is 36.4 Å². The SMILES string of the molecule is C[NH+](C)CC[NH2+][C@H](C(=O)Nc1cccc(C(F)(F)F)c1)c1ccccc1. The van der Waals surface area contributed by atoms with Gasteiger partial charge in [-0.2, -0.15) is 13.2 Å². The van der Waals surface area contributed by atoms with Gasteiger partial charge in [0, 0.05) is 11.3 Å². The second-order valence-electron chi connectivity index (χ2n) is 6.44. The first-order chi connectivity index (χ1) is 12.3. The van der Waals surface area contributed by atoms with Crippen molar-refractivity contribution in [2.75, 3.05) is 32.5 Å². The number of alkyl halides is 3. The third-order valence-electron chi connectivity index (χ3n) is 3.95. The van der Waals surface area contributed by atoms with Crippen molar-refractivity contribution in [2.45, 2.75) is 12.2 Å². The average molecular weight is 367 g/mol. The number of carbonyl (C=O) groups excluding carboxylic acids is 1. The van der Waals surface area contributed by atoms with Crippen molar-refractivity contribution in [2.24, 2.45) is 0 Å². The van der Waals surface area contributed by atoms with Crippen LogP contribution in [0.4, 0.5) is 18.9 Å². The van der Waals surface area contributed by atoms with E-state index in [0.717, 1.165) is 30.8 Å². The molecule has 0 fully saturated rings. The van der Waals surface area contributed by atoms with E-state index in [-0.39, 0.29) is 11.6 Å². The second-order valence-corrected chi connectivity index (χ2v) is 6.44. The van der Waals surface area contributed by atoms with Crippen molar-refractivity contribution in [3.63, 3.8) is 0 Å². The van der Waals surface area contributed by atoms with Crippen LogP contribution in [0.1, 0.15) is 17.2 Å². The van der Waals surface area contributed by atoms with Gasteiger partial charge in [0.1, 0.15) is 13.1 Å². The molecule has 1 amide bonds. The van der Waals surface area contributed by atoms with Gasteiger partial charge >= 0.3 is 6.18 Å². The summed E-state index contributed by atoms with van der Waals surface area (Å²) in [5.41, 5.74) is 0.162. The van der Waals surface area contributed by atoms with Gasteiger partial charge in [-0.15, -0.1) is 0 Å². The number of halogens is 3. The zero-order valence-electron chi connectivity index (χ0n) is 14.8. The Kier molecular flexibility index (Phi) is 6.76. The van der Waals surface area contributed by atoms with Crippen molar-refractivity contribution >= 4 is 11.6 Å². The minimum atomic E-state index is -4.44. The van der Waals surface area contributed by atoms with Gasteiger partial charge < -0.3 is 15.5 Å². The van der Waals surface area contributed by atoms with Crippen molar-refractivity contribution in [1.82, 2.24) is 0 Å². The zero-order chi connectivity index (χ0) is 19.2. The molecule has 26 heavy (non-hydrogen) atoms. The van der Waals surface area contributed by atoms with E-state index in [1.54, 1.807) is 0 Å². The summed E-state index contributed by atoms with van der Waals surface area (Å²) in [5.74, 6) is -0.343. The standard InChI is InChI=1S/C19H22F3N3O/c1-25(2)12-11-23-17(14-7-4-3-5-8-14)18(26)24-16-10-6-9-15(13-16)19(20,21)22/h3-10,13,17,23H,11-12H2,1-2H3,(H,24,26)/p+2/t17-/m0/s1. The summed E-state index contributed by atoms with van der Waals surface area (Å²) in [4.78, 5) is 14.0. The highest BCUT2D eigenvalue weighted by Gasteiger charge is 2.31. The highest BCUT2D eigenvalue weighted by Crippen LogP contribution is 2.30. The van der Waals surface area contributed by atoms with E-state index in [1.165, 1.54) is 17.0 Å². The van der Waals surface area contributed by atoms with Crippen molar-refractivity contribution < 1.29 is 28.2 Å². The first kappa shape index (κ1) is 19.9. The summed E-state index contributed by atoms with van der Waals surface area (Å²) >= 11 is 0. The molecule has 0 aromatic heterocycles. The Morgan fingerprint density at radius 2 is 1.81 bits per heavy atom. The monoisotopic (exact) mass is 367 g/mol. The lowest BCUT2D eigenvalue weighted by Crippen LogP contribution is -3.09. The number of rotatable bonds is 7. The van der Waals surface area contributed by atoms with Crippen LogP contribution in [0.5, 0.6) is 0 Å². The lowest BCUT2D eigenvalue weighted by Gasteiger charge is -2.17. The van der Waals surface area contributed by atoms with Gasteiger partial charge in [0.05, 0.1) is 19.7 Å². The predicted octanol–water partition coefficient (Wildman–Crippen LogP) is 1.09. The summed E-state index contributed by atoms with van der Waals surface area (Å²) in [6.07, 6.45) is -4.44. The number of benzene rings is 2. The molecule has 0 spiro atoms. The van der Waals surface area contributed by atoms with Gasteiger partial charge in [-0.3, -0.25) is 4.79 Å². The van der Waals surface area contributed by atoms with Crippen molar-refractivity contribution in [1.29, 1.82) is 0 Å². The minimum absolute atomic E-state index is 0.136. The van der Waals surface area contributed by atoms with Crippen LogP contribution >= 0.6 is 0 Å². The van der Waals surface area contributed by atoms with Crippen LogP contribution in [0.3, 0.4) is 0 Å². The number of nitrogens with two attached hydrogens (primary N) is 1. The molecule has 0 aliphatic rings. The molecule has 140 valence electrons. The molecule has 0 saturated carbocycles. The largest absolute Gasteiger partial charge is 0.416 e. The van der Waals surface area contributed by atoms with E-state index >= 15 is 0 Å². The molecule has 4 N–H and O–H groups in total. The Labute approximate surface area is 151 Å². The first-order valence-corrected chi connectivity index (χ1v) is 8.43. The fraction of sp³-hybridized carbons (Fsp3) is 0.316. The van der Waals surface area contributed by atoms with Crippen LogP contribution in [0.15, 0.2) is 54.6 Å². The Bertz CT molecular complexity index is 717. The molecule has 1 atom stereocenters. The van der Waals surface area contributed by atoms with Crippen LogP contribution in [-0.4, -0.2) is 33.1 Å². The molecule has 2 aromatic rings. The zero-order valence-corrected chi connectivity index (χ0v) is 14.8. The molecule has 4 nitrogen and oxygen atoms in total. The van der Waals surface area contributed by atoms with E-state index in [4.69, 9.17) is 0 Å². The number of amides is 1. The van der Waals surface area contributed by atoms with Crippen LogP contribution in [-0.2, 0) is 11.0 Å². The van der Waals surface area contributed by atoms with Crippen LogP contribution in [0.2, 0.25) is 0 Å². The number of hydrogen-bond donors (Lipinski definition) is 3. The molecule has 0 bridgehead atoms. The summed E-state index contributed by atoms with van der Waals surface area (Å²) in [7, 11) is 4.04. The number of anilines is 1. The van der Waals surface area contributed by atoms with Crippen molar-refractivity contribution in [3.8, 4) is 0 Å². The maximum absolute atomic E-state index is 12.8. The topological polar surface area (TPSA) is 50.2 Å². The van der Waals surface area contributed by atoms with Crippen LogP contribution in [0.25, 0.3) is 0 Å². The molecule has 0 aliphatic heterocycles. The Morgan fingerprint density at radius 3 is 2.42 bits per heavy atom. The fourth-order valence-electron chi connectivity index (χ4n) is 2.59. The molecule has 0 unspecified atom stereocenters. The number of hydrogen-bond acceptors (Lipinski definition) is 1. The summed E-state index contributed by atoms with van der Waals surface area (Å²) in [6, 6.07) is 13.4. The van der Waals surface area contributed by atoms with Gasteiger partial charge in [0.2, 0.25) is 0 Å². The Balaban J connectivity index is 2.16. The van der Waals surface area contributed by atoms with Gasteiger partial charge in [0.25, 0.3) is 5.91 Å². The number of likely N-dealkylation sites (N-methyl/N-ethyl adjacent to an activating group) is 1. The lowest BCUT2D eigenvalue weighted by atomic mass is 10.1. The average Bonchev–Trinajstić information content (AvgIpc) is 2.58. The maximum Gasteiger partial charge on any atom is 0.416 e. The number of quaternary nitrogens is 2. The van der Waals surface area contributed by atoms with Gasteiger partial charge in [-0.05, 0) is 18.2 Å². The molecular weight excluding hydrogens is 343 g/mol. The van der Waals surface area contributed by atoms with E-state index in [2.05, 4.69) is 5.32 Å². The molecule has 0 radical (unpaired) electrons. The lowest BCUT2D eigenvalue weighted by molar-refractivity contribution is -0.876. The molecule has 7 heteroatoms. The van der Waals surface area contributed by atoms with Crippen LogP contribution in [0, 0.1) is 0 Å². The molecule has 0 saturated heterocycles. The quantitative estimate of drug-likeness (QED) is 0.674. The maximum atomic E-state index is 12.8. The van der Waals surface area contributed by atoms with E-state index in [0.29, 0.717) is 0 Å². The highest BCUT2D eigenvalue weighted by molar-refractivity contribution is 5.94. The van der Waals surface area contributed by atoms with E-state index in [9.17, 15) is 18.0 Å². The fourth-order valence-corrected chi connectivity index (χ4v) is 2.59. The Hall–Kier alpha value is -2.38. The first-order valence-electron chi connectivity index (χ1n) is 8.43. The molecule has 0 heterocycles. The number of carbonyl (C=O) groups is 1. The molecular formula is C19H24F3N3O+2.